The van der Waals surface area contributed by atoms with E-state index in [1.165, 1.54) is 0 Å². The van der Waals surface area contributed by atoms with Crippen LogP contribution in [0.5, 0.6) is 0 Å². The summed E-state index contributed by atoms with van der Waals surface area (Å²) in [5, 5.41) is 8.50. The Bertz CT molecular complexity index is 415. The highest BCUT2D eigenvalue weighted by atomic mass is 19.2. The second-order valence-electron chi connectivity index (χ2n) is 3.30. The number of halogens is 6. The fraction of sp³-hybridized carbons (Fsp3) is 0.273. The predicted octanol–water partition coefficient (Wildman–Crippen LogP) is 3.36. The average Bonchev–Trinajstić information content (AvgIpc) is 2.36. The van der Waals surface area contributed by atoms with Crippen molar-refractivity contribution in [1.29, 1.82) is 0 Å². The molecule has 1 nitrogen and oxygen atoms in total. The normalized spacial score (nSPS) is 13.6. The maximum absolute atomic E-state index is 13.4. The Balaban J connectivity index is 0.00000137. The van der Waals surface area contributed by atoms with Crippen LogP contribution >= 0.6 is 0 Å². The van der Waals surface area contributed by atoms with Gasteiger partial charge in [-0.3, -0.25) is 0 Å². The van der Waals surface area contributed by atoms with Crippen LogP contribution in [0.25, 0.3) is 0 Å². The maximum Gasteiger partial charge on any atom is 0.200 e. The standard InChI is InChI=1S/C9H6F6O.C2H4/c1-9(15,2-16)3-4(10)6(12)8(14)7(13)5(3)11;1-2/h16H,2H2,1H3;1-2H2. The Morgan fingerprint density at radius 2 is 1.17 bits per heavy atom. The largest absolute Gasteiger partial charge is 0.393 e. The zero-order chi connectivity index (χ0) is 14.7. The van der Waals surface area contributed by atoms with E-state index in [9.17, 15) is 26.3 Å². The van der Waals surface area contributed by atoms with Crippen molar-refractivity contribution < 1.29 is 31.4 Å². The highest BCUT2D eigenvalue weighted by Gasteiger charge is 2.37. The summed E-state index contributed by atoms with van der Waals surface area (Å²) in [6.45, 7) is 5.09. The van der Waals surface area contributed by atoms with Gasteiger partial charge >= 0.3 is 0 Å². The summed E-state index contributed by atoms with van der Waals surface area (Å²) in [5.74, 6) is -11.4. The van der Waals surface area contributed by atoms with Crippen LogP contribution in [-0.2, 0) is 5.67 Å². The van der Waals surface area contributed by atoms with Crippen molar-refractivity contribution in [2.45, 2.75) is 12.6 Å². The van der Waals surface area contributed by atoms with Crippen molar-refractivity contribution in [2.75, 3.05) is 6.61 Å². The Hall–Kier alpha value is -1.50. The molecule has 0 saturated heterocycles. The highest BCUT2D eigenvalue weighted by molar-refractivity contribution is 5.29. The Morgan fingerprint density at radius 1 is 0.889 bits per heavy atom. The molecule has 1 aromatic carbocycles. The van der Waals surface area contributed by atoms with Crippen LogP contribution in [0.1, 0.15) is 12.5 Å². The average molecular weight is 272 g/mol. The molecule has 0 aliphatic heterocycles. The summed E-state index contributed by atoms with van der Waals surface area (Å²) in [6, 6.07) is 0. The molecule has 0 bridgehead atoms. The van der Waals surface area contributed by atoms with Crippen molar-refractivity contribution in [3.63, 3.8) is 0 Å². The van der Waals surface area contributed by atoms with Crippen LogP contribution in [0.3, 0.4) is 0 Å². The first-order valence-corrected chi connectivity index (χ1v) is 4.55. The van der Waals surface area contributed by atoms with Gasteiger partial charge in [-0.1, -0.05) is 0 Å². The van der Waals surface area contributed by atoms with Crippen LogP contribution < -0.4 is 0 Å². The van der Waals surface area contributed by atoms with Crippen molar-refractivity contribution in [1.82, 2.24) is 0 Å². The first kappa shape index (κ1) is 16.5. The lowest BCUT2D eigenvalue weighted by atomic mass is 9.97. The summed E-state index contributed by atoms with van der Waals surface area (Å²) in [7, 11) is 0. The Kier molecular flexibility index (Phi) is 5.41. The summed E-state index contributed by atoms with van der Waals surface area (Å²) in [6.07, 6.45) is 0. The van der Waals surface area contributed by atoms with Crippen molar-refractivity contribution in [3.05, 3.63) is 47.8 Å². The van der Waals surface area contributed by atoms with E-state index < -0.39 is 46.9 Å². The summed E-state index contributed by atoms with van der Waals surface area (Å²) in [4.78, 5) is 0. The van der Waals surface area contributed by atoms with Crippen LogP contribution in [0, 0.1) is 29.1 Å². The molecular weight excluding hydrogens is 262 g/mol. The highest BCUT2D eigenvalue weighted by Crippen LogP contribution is 2.33. The quantitative estimate of drug-likeness (QED) is 0.379. The van der Waals surface area contributed by atoms with Crippen LogP contribution in [0.4, 0.5) is 26.3 Å². The number of benzene rings is 1. The molecule has 0 fully saturated rings. The van der Waals surface area contributed by atoms with Crippen LogP contribution in [0.2, 0.25) is 0 Å². The first-order chi connectivity index (χ1) is 8.24. The van der Waals surface area contributed by atoms with Gasteiger partial charge in [0.1, 0.15) is 0 Å². The maximum atomic E-state index is 13.4. The number of aliphatic hydroxyl groups excluding tert-OH is 1. The zero-order valence-corrected chi connectivity index (χ0v) is 9.34. The minimum Gasteiger partial charge on any atom is -0.393 e. The minimum absolute atomic E-state index is 0.505. The molecule has 0 heterocycles. The molecule has 1 N–H and O–H groups in total. The van der Waals surface area contributed by atoms with Gasteiger partial charge in [0, 0.05) is 0 Å². The molecule has 1 unspecified atom stereocenters. The van der Waals surface area contributed by atoms with E-state index in [1.807, 2.05) is 0 Å². The second-order valence-corrected chi connectivity index (χ2v) is 3.30. The van der Waals surface area contributed by atoms with E-state index in [0.717, 1.165) is 0 Å². The molecule has 0 amide bonds. The lowest BCUT2D eigenvalue weighted by Crippen LogP contribution is -2.26. The van der Waals surface area contributed by atoms with E-state index in [4.69, 9.17) is 5.11 Å². The molecule has 0 aliphatic carbocycles. The summed E-state index contributed by atoms with van der Waals surface area (Å²) in [5.41, 5.74) is -4.73. The second kappa shape index (κ2) is 5.90. The fourth-order valence-corrected chi connectivity index (χ4v) is 1.14. The van der Waals surface area contributed by atoms with Crippen LogP contribution in [-0.4, -0.2) is 11.7 Å². The molecule has 1 atom stereocenters. The van der Waals surface area contributed by atoms with Gasteiger partial charge in [0.15, 0.2) is 28.9 Å². The molecule has 7 heteroatoms. The lowest BCUT2D eigenvalue weighted by molar-refractivity contribution is 0.0771. The van der Waals surface area contributed by atoms with E-state index in [-0.39, 0.29) is 0 Å². The zero-order valence-electron chi connectivity index (χ0n) is 9.34. The molecule has 0 aromatic heterocycles. The monoisotopic (exact) mass is 272 g/mol. The number of hydrogen-bond donors (Lipinski definition) is 1. The summed E-state index contributed by atoms with van der Waals surface area (Å²) < 4.78 is 77.3. The smallest absolute Gasteiger partial charge is 0.200 e. The molecule has 0 radical (unpaired) electrons. The molecule has 1 aromatic rings. The number of aliphatic hydroxyl groups is 1. The van der Waals surface area contributed by atoms with Crippen molar-refractivity contribution in [2.24, 2.45) is 0 Å². The van der Waals surface area contributed by atoms with Gasteiger partial charge < -0.3 is 5.11 Å². The molecular formula is C11H10F6O. The fourth-order valence-electron chi connectivity index (χ4n) is 1.14. The SMILES string of the molecule is C=C.CC(F)(CO)c1c(F)c(F)c(F)c(F)c1F. The van der Waals surface area contributed by atoms with Crippen LogP contribution in [0.15, 0.2) is 13.2 Å². The van der Waals surface area contributed by atoms with Gasteiger partial charge in [-0.2, -0.15) is 0 Å². The lowest BCUT2D eigenvalue weighted by Gasteiger charge is -2.19. The minimum atomic E-state index is -3.05. The van der Waals surface area contributed by atoms with Gasteiger partial charge in [-0.25, -0.2) is 26.3 Å². The van der Waals surface area contributed by atoms with Gasteiger partial charge in [0.05, 0.1) is 12.2 Å². The summed E-state index contributed by atoms with van der Waals surface area (Å²) >= 11 is 0. The van der Waals surface area contributed by atoms with Gasteiger partial charge in [-0.05, 0) is 6.92 Å². The van der Waals surface area contributed by atoms with E-state index in [0.29, 0.717) is 6.92 Å². The van der Waals surface area contributed by atoms with E-state index in [2.05, 4.69) is 13.2 Å². The third kappa shape index (κ3) is 2.66. The first-order valence-electron chi connectivity index (χ1n) is 4.55. The molecule has 1 rings (SSSR count). The van der Waals surface area contributed by atoms with Crippen molar-refractivity contribution in [3.8, 4) is 0 Å². The Morgan fingerprint density at radius 3 is 1.44 bits per heavy atom. The predicted molar refractivity (Wildman–Crippen MR) is 53.0 cm³/mol. The number of alkyl halides is 1. The molecule has 0 aliphatic rings. The third-order valence-electron chi connectivity index (χ3n) is 2.03. The Labute approximate surface area is 99.4 Å². The molecule has 102 valence electrons. The van der Waals surface area contributed by atoms with Crippen molar-refractivity contribution >= 4 is 0 Å². The number of rotatable bonds is 2. The number of hydrogen-bond acceptors (Lipinski definition) is 1. The van der Waals surface area contributed by atoms with Gasteiger partial charge in [0.2, 0.25) is 5.82 Å². The molecule has 18 heavy (non-hydrogen) atoms. The molecule has 0 spiro atoms. The van der Waals surface area contributed by atoms with E-state index in [1.54, 1.807) is 0 Å². The third-order valence-corrected chi connectivity index (χ3v) is 2.03. The van der Waals surface area contributed by atoms with E-state index >= 15 is 0 Å². The van der Waals surface area contributed by atoms with Gasteiger partial charge in [0.25, 0.3) is 0 Å². The topological polar surface area (TPSA) is 20.2 Å². The van der Waals surface area contributed by atoms with Gasteiger partial charge in [-0.15, -0.1) is 13.2 Å². The molecule has 0 saturated carbocycles.